The molecule has 0 aliphatic rings. The molecule has 0 atom stereocenters. The normalized spacial score (nSPS) is 10.3. The number of halogens is 1. The molecular formula is C19H13FN2O3. The molecule has 0 unspecified atom stereocenters. The molecule has 25 heavy (non-hydrogen) atoms. The number of pyridine rings is 2. The molecule has 0 amide bonds. The zero-order valence-corrected chi connectivity index (χ0v) is 13.3. The van der Waals surface area contributed by atoms with Crippen LogP contribution >= 0.6 is 0 Å². The minimum Gasteiger partial charge on any atom is -0.497 e. The maximum absolute atomic E-state index is 13.8. The lowest BCUT2D eigenvalue weighted by Crippen LogP contribution is -2.14. The van der Waals surface area contributed by atoms with Crippen LogP contribution < -0.4 is 4.74 Å². The maximum Gasteiger partial charge on any atom is 0.233 e. The number of nitrogens with zero attached hydrogens (tertiary/aromatic N) is 2. The third kappa shape index (κ3) is 3.42. The highest BCUT2D eigenvalue weighted by Crippen LogP contribution is 2.21. The molecule has 1 aromatic carbocycles. The molecule has 5 nitrogen and oxygen atoms in total. The second-order valence-corrected chi connectivity index (χ2v) is 5.16. The molecule has 2 aromatic heterocycles. The van der Waals surface area contributed by atoms with Crippen LogP contribution in [0.25, 0.3) is 11.3 Å². The molecule has 3 aromatic rings. The van der Waals surface area contributed by atoms with Crippen molar-refractivity contribution in [3.63, 3.8) is 0 Å². The average Bonchev–Trinajstić information content (AvgIpc) is 2.67. The number of hydrogen-bond acceptors (Lipinski definition) is 5. The number of ketones is 2. The van der Waals surface area contributed by atoms with Crippen molar-refractivity contribution in [2.24, 2.45) is 0 Å². The van der Waals surface area contributed by atoms with E-state index in [9.17, 15) is 14.0 Å². The van der Waals surface area contributed by atoms with Crippen molar-refractivity contribution >= 4 is 11.6 Å². The van der Waals surface area contributed by atoms with Gasteiger partial charge in [-0.15, -0.1) is 0 Å². The van der Waals surface area contributed by atoms with Gasteiger partial charge in [-0.05, 0) is 48.5 Å². The predicted octanol–water partition coefficient (Wildman–Crippen LogP) is 3.36. The van der Waals surface area contributed by atoms with E-state index in [1.807, 2.05) is 0 Å². The largest absolute Gasteiger partial charge is 0.497 e. The number of carbonyl (C=O) groups is 2. The Morgan fingerprint density at radius 2 is 1.64 bits per heavy atom. The van der Waals surface area contributed by atoms with Gasteiger partial charge in [-0.3, -0.25) is 14.6 Å². The lowest BCUT2D eigenvalue weighted by Gasteiger charge is -2.05. The summed E-state index contributed by atoms with van der Waals surface area (Å²) in [6.07, 6.45) is 2.68. The van der Waals surface area contributed by atoms with Gasteiger partial charge in [0.25, 0.3) is 0 Å². The predicted molar refractivity (Wildman–Crippen MR) is 89.1 cm³/mol. The molecule has 0 aliphatic carbocycles. The molecule has 124 valence electrons. The van der Waals surface area contributed by atoms with Crippen molar-refractivity contribution in [3.8, 4) is 17.0 Å². The van der Waals surface area contributed by atoms with E-state index in [1.54, 1.807) is 18.2 Å². The first-order valence-electron chi connectivity index (χ1n) is 7.40. The Kier molecular flexibility index (Phi) is 4.61. The van der Waals surface area contributed by atoms with Gasteiger partial charge in [-0.1, -0.05) is 0 Å². The summed E-state index contributed by atoms with van der Waals surface area (Å²) >= 11 is 0. The van der Waals surface area contributed by atoms with Crippen LogP contribution in [0.15, 0.2) is 60.9 Å². The third-order valence-electron chi connectivity index (χ3n) is 3.62. The van der Waals surface area contributed by atoms with Crippen LogP contribution in [-0.2, 0) is 0 Å². The molecule has 0 N–H and O–H groups in total. The smallest absolute Gasteiger partial charge is 0.233 e. The molecule has 0 aliphatic heterocycles. The molecule has 0 radical (unpaired) electrons. The van der Waals surface area contributed by atoms with Crippen molar-refractivity contribution in [1.29, 1.82) is 0 Å². The van der Waals surface area contributed by atoms with Crippen LogP contribution in [0.4, 0.5) is 4.39 Å². The van der Waals surface area contributed by atoms with Crippen LogP contribution in [0.5, 0.6) is 5.75 Å². The molecule has 3 rings (SSSR count). The van der Waals surface area contributed by atoms with E-state index in [0.717, 1.165) is 0 Å². The molecule has 0 saturated carbocycles. The standard InChI is InChI=1S/C19H13FN2O3/c1-25-14-6-4-12(5-7-14)17(23)18(24)13-8-10-21-16(11-13)15-3-2-9-22-19(15)20/h2-11H,1H3. The van der Waals surface area contributed by atoms with Crippen LogP contribution in [0.1, 0.15) is 20.7 Å². The summed E-state index contributed by atoms with van der Waals surface area (Å²) in [6, 6.07) is 12.1. The number of rotatable bonds is 5. The first-order chi connectivity index (χ1) is 12.1. The van der Waals surface area contributed by atoms with E-state index in [2.05, 4.69) is 9.97 Å². The zero-order chi connectivity index (χ0) is 17.8. The highest BCUT2D eigenvalue weighted by molar-refractivity contribution is 6.49. The number of aromatic nitrogens is 2. The van der Waals surface area contributed by atoms with Crippen molar-refractivity contribution in [2.45, 2.75) is 0 Å². The summed E-state index contributed by atoms with van der Waals surface area (Å²) in [7, 11) is 1.51. The first-order valence-corrected chi connectivity index (χ1v) is 7.40. The van der Waals surface area contributed by atoms with Crippen LogP contribution in [-0.4, -0.2) is 28.6 Å². The van der Waals surface area contributed by atoms with Gasteiger partial charge >= 0.3 is 0 Å². The van der Waals surface area contributed by atoms with Gasteiger partial charge in [0.05, 0.1) is 18.4 Å². The lowest BCUT2D eigenvalue weighted by molar-refractivity contribution is 0.0817. The Hall–Kier alpha value is -3.41. The Labute approximate surface area is 143 Å². The summed E-state index contributed by atoms with van der Waals surface area (Å²) in [6.45, 7) is 0. The fourth-order valence-electron chi connectivity index (χ4n) is 2.30. The van der Waals surface area contributed by atoms with Gasteiger partial charge < -0.3 is 4.74 Å². The average molecular weight is 336 g/mol. The van der Waals surface area contributed by atoms with E-state index in [0.29, 0.717) is 5.75 Å². The van der Waals surface area contributed by atoms with Crippen LogP contribution in [0.3, 0.4) is 0 Å². The second kappa shape index (κ2) is 7.00. The molecule has 2 heterocycles. The molecule has 6 heteroatoms. The Bertz CT molecular complexity index is 939. The van der Waals surface area contributed by atoms with Crippen molar-refractivity contribution in [2.75, 3.05) is 7.11 Å². The van der Waals surface area contributed by atoms with E-state index < -0.39 is 17.5 Å². The Morgan fingerprint density at radius 1 is 0.920 bits per heavy atom. The molecule has 0 bridgehead atoms. The van der Waals surface area contributed by atoms with Crippen LogP contribution in [0.2, 0.25) is 0 Å². The van der Waals surface area contributed by atoms with E-state index >= 15 is 0 Å². The quantitative estimate of drug-likeness (QED) is 0.406. The van der Waals surface area contributed by atoms with Crippen LogP contribution in [0, 0.1) is 5.95 Å². The van der Waals surface area contributed by atoms with Gasteiger partial charge in [-0.25, -0.2) is 4.98 Å². The topological polar surface area (TPSA) is 69.2 Å². The number of benzene rings is 1. The van der Waals surface area contributed by atoms with Gasteiger partial charge in [0.15, 0.2) is 0 Å². The minimum atomic E-state index is -0.696. The molecular weight excluding hydrogens is 323 g/mol. The minimum absolute atomic E-state index is 0.133. The number of carbonyl (C=O) groups excluding carboxylic acids is 2. The summed E-state index contributed by atoms with van der Waals surface area (Å²) in [5.41, 5.74) is 0.777. The highest BCUT2D eigenvalue weighted by Gasteiger charge is 2.19. The fourth-order valence-corrected chi connectivity index (χ4v) is 2.30. The van der Waals surface area contributed by atoms with E-state index in [-0.39, 0.29) is 22.4 Å². The third-order valence-corrected chi connectivity index (χ3v) is 3.62. The lowest BCUT2D eigenvalue weighted by atomic mass is 10.0. The van der Waals surface area contributed by atoms with Crippen molar-refractivity contribution in [1.82, 2.24) is 9.97 Å². The SMILES string of the molecule is COc1ccc(C(=O)C(=O)c2ccnc(-c3cccnc3F)c2)cc1. The molecule has 0 spiro atoms. The summed E-state index contributed by atoms with van der Waals surface area (Å²) in [5, 5.41) is 0. The summed E-state index contributed by atoms with van der Waals surface area (Å²) in [5.74, 6) is -1.46. The molecule has 0 fully saturated rings. The number of ether oxygens (including phenoxy) is 1. The summed E-state index contributed by atoms with van der Waals surface area (Å²) < 4.78 is 18.8. The van der Waals surface area contributed by atoms with E-state index in [4.69, 9.17) is 4.74 Å². The monoisotopic (exact) mass is 336 g/mol. The number of methoxy groups -OCH3 is 1. The Balaban J connectivity index is 1.91. The van der Waals surface area contributed by atoms with Gasteiger partial charge in [0.2, 0.25) is 17.5 Å². The van der Waals surface area contributed by atoms with Gasteiger partial charge in [0, 0.05) is 23.5 Å². The summed E-state index contributed by atoms with van der Waals surface area (Å²) in [4.78, 5) is 32.4. The van der Waals surface area contributed by atoms with Gasteiger partial charge in [0.1, 0.15) is 5.75 Å². The second-order valence-electron chi connectivity index (χ2n) is 5.16. The van der Waals surface area contributed by atoms with Gasteiger partial charge in [-0.2, -0.15) is 4.39 Å². The number of hydrogen-bond donors (Lipinski definition) is 0. The first kappa shape index (κ1) is 16.4. The molecule has 0 saturated heterocycles. The van der Waals surface area contributed by atoms with Crippen molar-refractivity contribution < 1.29 is 18.7 Å². The fraction of sp³-hybridized carbons (Fsp3) is 0.0526. The highest BCUT2D eigenvalue weighted by atomic mass is 19.1. The maximum atomic E-state index is 13.8. The van der Waals surface area contributed by atoms with E-state index in [1.165, 1.54) is 49.8 Å². The van der Waals surface area contributed by atoms with Crippen molar-refractivity contribution in [3.05, 3.63) is 78.0 Å². The zero-order valence-electron chi connectivity index (χ0n) is 13.3. The Morgan fingerprint density at radius 3 is 2.32 bits per heavy atom. The number of Topliss-reactive ketones (excluding diaryl/α,β-unsaturated/α-hetero) is 2.